The molecule has 0 spiro atoms. The monoisotopic (exact) mass is 365 g/mol. The van der Waals surface area contributed by atoms with E-state index in [2.05, 4.69) is 45.4 Å². The number of carbonyl (C=O) groups excluding carboxylic acids is 1. The fraction of sp³-hybridized carbons (Fsp3) is 0.364. The average Bonchev–Trinajstić information content (AvgIpc) is 2.58. The standard InChI is InChI=1S/C11H13Br2NOS/c1-3-5-14(6-4-2)11(15)9-7-8(12)10(13)16-9/h3,7H,1,4-6H2,2H3. The Morgan fingerprint density at radius 3 is 2.75 bits per heavy atom. The SMILES string of the molecule is C=CCN(CCC)C(=O)c1cc(Br)c(Br)s1. The van der Waals surface area contributed by atoms with Crippen molar-refractivity contribution in [3.05, 3.63) is 31.9 Å². The molecule has 0 radical (unpaired) electrons. The minimum atomic E-state index is 0.0677. The molecule has 1 heterocycles. The first-order valence-electron chi connectivity index (χ1n) is 4.95. The smallest absolute Gasteiger partial charge is 0.264 e. The number of rotatable bonds is 5. The molecule has 0 atom stereocenters. The predicted molar refractivity (Wildman–Crippen MR) is 76.1 cm³/mol. The van der Waals surface area contributed by atoms with E-state index in [1.807, 2.05) is 6.07 Å². The van der Waals surface area contributed by atoms with Crippen LogP contribution in [-0.4, -0.2) is 23.9 Å². The molecule has 88 valence electrons. The number of hydrogen-bond donors (Lipinski definition) is 0. The van der Waals surface area contributed by atoms with Crippen LogP contribution in [0.5, 0.6) is 0 Å². The molecule has 0 saturated carbocycles. The lowest BCUT2D eigenvalue weighted by Crippen LogP contribution is -2.31. The highest BCUT2D eigenvalue weighted by molar-refractivity contribution is 9.13. The number of thiophene rings is 1. The van der Waals surface area contributed by atoms with Gasteiger partial charge in [0, 0.05) is 17.6 Å². The summed E-state index contributed by atoms with van der Waals surface area (Å²) < 4.78 is 1.88. The molecule has 0 aliphatic carbocycles. The van der Waals surface area contributed by atoms with E-state index in [4.69, 9.17) is 0 Å². The van der Waals surface area contributed by atoms with Crippen molar-refractivity contribution in [3.63, 3.8) is 0 Å². The molecule has 1 aromatic heterocycles. The lowest BCUT2D eigenvalue weighted by Gasteiger charge is -2.19. The lowest BCUT2D eigenvalue weighted by molar-refractivity contribution is 0.0779. The number of nitrogens with zero attached hydrogens (tertiary/aromatic N) is 1. The summed E-state index contributed by atoms with van der Waals surface area (Å²) in [6, 6.07) is 1.85. The van der Waals surface area contributed by atoms with Gasteiger partial charge in [0.1, 0.15) is 0 Å². The Hall–Kier alpha value is -0.130. The van der Waals surface area contributed by atoms with Gasteiger partial charge in [0.2, 0.25) is 0 Å². The third kappa shape index (κ3) is 3.43. The largest absolute Gasteiger partial charge is 0.334 e. The van der Waals surface area contributed by atoms with Gasteiger partial charge in [0.15, 0.2) is 0 Å². The molecule has 2 nitrogen and oxygen atoms in total. The van der Waals surface area contributed by atoms with Crippen LogP contribution in [0.15, 0.2) is 27.0 Å². The van der Waals surface area contributed by atoms with E-state index in [9.17, 15) is 4.79 Å². The first-order chi connectivity index (χ1) is 7.60. The van der Waals surface area contributed by atoms with Crippen molar-refractivity contribution in [2.75, 3.05) is 13.1 Å². The van der Waals surface area contributed by atoms with E-state index in [-0.39, 0.29) is 5.91 Å². The van der Waals surface area contributed by atoms with Gasteiger partial charge in [-0.05, 0) is 44.3 Å². The first kappa shape index (κ1) is 13.9. The number of hydrogen-bond acceptors (Lipinski definition) is 2. The summed E-state index contributed by atoms with van der Waals surface area (Å²) in [5.41, 5.74) is 0. The molecule has 0 aliphatic heterocycles. The van der Waals surface area contributed by atoms with Crippen LogP contribution in [0.25, 0.3) is 0 Å². The van der Waals surface area contributed by atoms with Crippen molar-refractivity contribution in [3.8, 4) is 0 Å². The molecule has 0 saturated heterocycles. The summed E-state index contributed by atoms with van der Waals surface area (Å²) in [6.45, 7) is 7.09. The molecule has 0 fully saturated rings. The maximum atomic E-state index is 12.1. The van der Waals surface area contributed by atoms with Gasteiger partial charge in [-0.25, -0.2) is 0 Å². The van der Waals surface area contributed by atoms with Crippen LogP contribution in [0.2, 0.25) is 0 Å². The highest BCUT2D eigenvalue weighted by Crippen LogP contribution is 2.32. The van der Waals surface area contributed by atoms with Crippen molar-refractivity contribution in [1.29, 1.82) is 0 Å². The minimum absolute atomic E-state index is 0.0677. The fourth-order valence-electron chi connectivity index (χ4n) is 1.31. The zero-order valence-electron chi connectivity index (χ0n) is 9.00. The van der Waals surface area contributed by atoms with E-state index >= 15 is 0 Å². The molecule has 16 heavy (non-hydrogen) atoms. The van der Waals surface area contributed by atoms with Crippen LogP contribution in [0.1, 0.15) is 23.0 Å². The number of carbonyl (C=O) groups is 1. The maximum absolute atomic E-state index is 12.1. The van der Waals surface area contributed by atoms with Crippen molar-refractivity contribution in [1.82, 2.24) is 4.90 Å². The van der Waals surface area contributed by atoms with Crippen molar-refractivity contribution < 1.29 is 4.79 Å². The lowest BCUT2D eigenvalue weighted by atomic mass is 10.3. The van der Waals surface area contributed by atoms with E-state index < -0.39 is 0 Å². The molecule has 1 amide bonds. The molecule has 1 aromatic rings. The highest BCUT2D eigenvalue weighted by atomic mass is 79.9. The highest BCUT2D eigenvalue weighted by Gasteiger charge is 2.17. The molecular formula is C11H13Br2NOS. The summed E-state index contributed by atoms with van der Waals surface area (Å²) in [6.07, 6.45) is 2.71. The van der Waals surface area contributed by atoms with Crippen LogP contribution in [-0.2, 0) is 0 Å². The van der Waals surface area contributed by atoms with Gasteiger partial charge in [-0.3, -0.25) is 4.79 Å². The van der Waals surface area contributed by atoms with Crippen molar-refractivity contribution in [2.45, 2.75) is 13.3 Å². The maximum Gasteiger partial charge on any atom is 0.264 e. The van der Waals surface area contributed by atoms with E-state index in [0.29, 0.717) is 6.54 Å². The second-order valence-corrected chi connectivity index (χ2v) is 6.50. The van der Waals surface area contributed by atoms with Gasteiger partial charge >= 0.3 is 0 Å². The van der Waals surface area contributed by atoms with E-state index in [0.717, 1.165) is 26.1 Å². The topological polar surface area (TPSA) is 20.3 Å². The van der Waals surface area contributed by atoms with Crippen LogP contribution in [0, 0.1) is 0 Å². The molecule has 0 bridgehead atoms. The average molecular weight is 367 g/mol. The van der Waals surface area contributed by atoms with Gasteiger partial charge in [0.05, 0.1) is 8.66 Å². The molecule has 0 aromatic carbocycles. The predicted octanol–water partition coefficient (Wildman–Crippen LogP) is 4.31. The molecule has 5 heteroatoms. The Morgan fingerprint density at radius 2 is 2.31 bits per heavy atom. The third-order valence-corrected chi connectivity index (χ3v) is 5.23. The van der Waals surface area contributed by atoms with Gasteiger partial charge in [0.25, 0.3) is 5.91 Å². The van der Waals surface area contributed by atoms with Gasteiger partial charge in [-0.15, -0.1) is 17.9 Å². The van der Waals surface area contributed by atoms with Crippen LogP contribution in [0.4, 0.5) is 0 Å². The van der Waals surface area contributed by atoms with Crippen LogP contribution < -0.4 is 0 Å². The second kappa shape index (κ2) is 6.57. The summed E-state index contributed by atoms with van der Waals surface area (Å²) in [7, 11) is 0. The Labute approximate surface area is 117 Å². The van der Waals surface area contributed by atoms with Crippen molar-refractivity contribution in [2.24, 2.45) is 0 Å². The summed E-state index contributed by atoms with van der Waals surface area (Å²) in [4.78, 5) is 14.7. The van der Waals surface area contributed by atoms with Gasteiger partial charge in [-0.1, -0.05) is 13.0 Å². The third-order valence-electron chi connectivity index (χ3n) is 1.99. The van der Waals surface area contributed by atoms with E-state index in [1.165, 1.54) is 11.3 Å². The molecular weight excluding hydrogens is 354 g/mol. The van der Waals surface area contributed by atoms with Crippen LogP contribution in [0.3, 0.4) is 0 Å². The fourth-order valence-corrected chi connectivity index (χ4v) is 3.31. The normalized spacial score (nSPS) is 10.2. The van der Waals surface area contributed by atoms with Gasteiger partial charge in [-0.2, -0.15) is 0 Å². The number of amides is 1. The second-order valence-electron chi connectivity index (χ2n) is 3.27. The van der Waals surface area contributed by atoms with E-state index in [1.54, 1.807) is 11.0 Å². The zero-order chi connectivity index (χ0) is 12.1. The zero-order valence-corrected chi connectivity index (χ0v) is 13.0. The Morgan fingerprint density at radius 1 is 1.62 bits per heavy atom. The Kier molecular flexibility index (Phi) is 5.72. The Balaban J connectivity index is 2.84. The summed E-state index contributed by atoms with van der Waals surface area (Å²) in [5, 5.41) is 0. The quantitative estimate of drug-likeness (QED) is 0.711. The van der Waals surface area contributed by atoms with Crippen LogP contribution >= 0.6 is 43.2 Å². The molecule has 0 aliphatic rings. The molecule has 0 unspecified atom stereocenters. The minimum Gasteiger partial charge on any atom is -0.334 e. The number of halogens is 2. The first-order valence-corrected chi connectivity index (χ1v) is 7.35. The van der Waals surface area contributed by atoms with Crippen molar-refractivity contribution >= 4 is 49.1 Å². The summed E-state index contributed by atoms with van der Waals surface area (Å²) >= 11 is 8.22. The summed E-state index contributed by atoms with van der Waals surface area (Å²) in [5.74, 6) is 0.0677. The Bertz CT molecular complexity index is 370. The molecule has 0 N–H and O–H groups in total. The molecule has 1 rings (SSSR count). The van der Waals surface area contributed by atoms with Gasteiger partial charge < -0.3 is 4.90 Å².